The Morgan fingerprint density at radius 1 is 1.03 bits per heavy atom. The van der Waals surface area contributed by atoms with Crippen LogP contribution in [0.15, 0.2) is 36.7 Å². The molecule has 2 aromatic rings. The van der Waals surface area contributed by atoms with E-state index in [1.165, 1.54) is 0 Å². The van der Waals surface area contributed by atoms with E-state index in [0.29, 0.717) is 77.4 Å². The summed E-state index contributed by atoms with van der Waals surface area (Å²) >= 11 is 0. The molecule has 1 aromatic heterocycles. The van der Waals surface area contributed by atoms with Gasteiger partial charge in [-0.1, -0.05) is 13.0 Å². The Morgan fingerprint density at radius 2 is 1.74 bits per heavy atom. The van der Waals surface area contributed by atoms with Crippen LogP contribution < -0.4 is 10.1 Å². The summed E-state index contributed by atoms with van der Waals surface area (Å²) in [4.78, 5) is 34.6. The highest BCUT2D eigenvalue weighted by atomic mass is 16.5. The molecule has 0 radical (unpaired) electrons. The van der Waals surface area contributed by atoms with Gasteiger partial charge in [-0.05, 0) is 48.6 Å². The summed E-state index contributed by atoms with van der Waals surface area (Å²) in [6.45, 7) is 6.98. The van der Waals surface area contributed by atoms with Gasteiger partial charge in [-0.3, -0.25) is 9.59 Å². The lowest BCUT2D eigenvalue weighted by molar-refractivity contribution is -0.145. The van der Waals surface area contributed by atoms with Crippen molar-refractivity contribution in [2.45, 2.75) is 39.2 Å². The summed E-state index contributed by atoms with van der Waals surface area (Å²) in [5.41, 5.74) is 1.92. The maximum absolute atomic E-state index is 13.2. The number of benzene rings is 1. The van der Waals surface area contributed by atoms with Crippen molar-refractivity contribution in [3.63, 3.8) is 0 Å². The zero-order valence-corrected chi connectivity index (χ0v) is 22.7. The van der Waals surface area contributed by atoms with Crippen LogP contribution in [0.1, 0.15) is 37.3 Å². The molecule has 1 aliphatic rings. The molecule has 1 amide bonds. The van der Waals surface area contributed by atoms with E-state index in [0.717, 1.165) is 30.6 Å². The van der Waals surface area contributed by atoms with E-state index in [2.05, 4.69) is 22.2 Å². The van der Waals surface area contributed by atoms with Gasteiger partial charge in [0.2, 0.25) is 11.9 Å². The van der Waals surface area contributed by atoms with Crippen molar-refractivity contribution in [3.05, 3.63) is 47.8 Å². The maximum atomic E-state index is 13.2. The van der Waals surface area contributed by atoms with Gasteiger partial charge >= 0.3 is 5.97 Å². The number of hydrogen-bond donors (Lipinski definition) is 2. The van der Waals surface area contributed by atoms with Crippen molar-refractivity contribution in [2.24, 2.45) is 5.92 Å². The standard InChI is InChI=1S/C28H40N4O7/c1-2-11-36-14-16-38-17-15-37-13-10-32-21-24-19-25(39-12-4-9-31-28-29-7-3-8-30-28)6-5-22(24)18-23(27(32)35)20-26(33)34/h3,5-8,19,23H,2,4,9-18,20-21H2,1H3,(H,33,34)(H,29,30,31)/t23-/m0/s1. The van der Waals surface area contributed by atoms with Gasteiger partial charge in [0, 0.05) is 38.6 Å². The van der Waals surface area contributed by atoms with E-state index < -0.39 is 11.9 Å². The number of amides is 1. The van der Waals surface area contributed by atoms with Crippen LogP contribution in [0.4, 0.5) is 5.95 Å². The first-order valence-corrected chi connectivity index (χ1v) is 13.6. The van der Waals surface area contributed by atoms with E-state index in [4.69, 9.17) is 18.9 Å². The second kappa shape index (κ2) is 17.3. The fourth-order valence-corrected chi connectivity index (χ4v) is 4.21. The Bertz CT molecular complexity index is 1010. The number of anilines is 1. The fraction of sp³-hybridized carbons (Fsp3) is 0.571. The minimum atomic E-state index is -0.984. The lowest BCUT2D eigenvalue weighted by Gasteiger charge is -2.24. The molecule has 0 aliphatic carbocycles. The second-order valence-electron chi connectivity index (χ2n) is 9.23. The molecule has 39 heavy (non-hydrogen) atoms. The molecule has 2 heterocycles. The molecule has 1 aromatic carbocycles. The number of nitrogens with one attached hydrogen (secondary N) is 1. The zero-order valence-electron chi connectivity index (χ0n) is 22.7. The zero-order chi connectivity index (χ0) is 27.7. The molecule has 0 spiro atoms. The highest BCUT2D eigenvalue weighted by Gasteiger charge is 2.31. The van der Waals surface area contributed by atoms with Crippen LogP contribution in [-0.4, -0.2) is 91.2 Å². The molecule has 1 aliphatic heterocycles. The van der Waals surface area contributed by atoms with Crippen molar-refractivity contribution in [1.82, 2.24) is 14.9 Å². The van der Waals surface area contributed by atoms with E-state index in [9.17, 15) is 14.7 Å². The summed E-state index contributed by atoms with van der Waals surface area (Å²) in [6, 6.07) is 7.52. The number of ether oxygens (including phenoxy) is 4. The van der Waals surface area contributed by atoms with E-state index in [-0.39, 0.29) is 12.3 Å². The van der Waals surface area contributed by atoms with Crippen LogP contribution in [0, 0.1) is 5.92 Å². The molecule has 0 saturated carbocycles. The molecule has 0 fully saturated rings. The first kappa shape index (κ1) is 30.3. The molecule has 3 rings (SSSR count). The summed E-state index contributed by atoms with van der Waals surface area (Å²) in [5, 5.41) is 12.5. The third-order valence-electron chi connectivity index (χ3n) is 6.12. The van der Waals surface area contributed by atoms with Crippen molar-refractivity contribution < 1.29 is 33.6 Å². The number of nitrogens with zero attached hydrogens (tertiary/aromatic N) is 3. The largest absolute Gasteiger partial charge is 0.494 e. The summed E-state index contributed by atoms with van der Waals surface area (Å²) < 4.78 is 22.5. The minimum absolute atomic E-state index is 0.168. The van der Waals surface area contributed by atoms with Gasteiger partial charge in [0.1, 0.15) is 5.75 Å². The third kappa shape index (κ3) is 11.2. The smallest absolute Gasteiger partial charge is 0.304 e. The Balaban J connectivity index is 1.48. The number of fused-ring (bicyclic) bond motifs is 1. The third-order valence-corrected chi connectivity index (χ3v) is 6.12. The number of carboxylic acids is 1. The first-order chi connectivity index (χ1) is 19.1. The lowest BCUT2D eigenvalue weighted by Crippen LogP contribution is -2.37. The predicted octanol–water partition coefficient (Wildman–Crippen LogP) is 2.79. The van der Waals surface area contributed by atoms with Gasteiger partial charge < -0.3 is 34.3 Å². The van der Waals surface area contributed by atoms with Gasteiger partial charge in [0.25, 0.3) is 0 Å². The topological polar surface area (TPSA) is 132 Å². The van der Waals surface area contributed by atoms with E-state index in [1.54, 1.807) is 23.4 Å². The van der Waals surface area contributed by atoms with Crippen LogP contribution in [-0.2, 0) is 36.8 Å². The molecule has 1 atom stereocenters. The Hall–Kier alpha value is -3.28. The van der Waals surface area contributed by atoms with Crippen LogP contribution in [0.25, 0.3) is 0 Å². The summed E-state index contributed by atoms with van der Waals surface area (Å²) in [5.74, 6) is -0.476. The first-order valence-electron chi connectivity index (χ1n) is 13.6. The molecule has 11 nitrogen and oxygen atoms in total. The Labute approximate surface area is 229 Å². The molecule has 2 N–H and O–H groups in total. The van der Waals surface area contributed by atoms with Crippen LogP contribution in [0.3, 0.4) is 0 Å². The van der Waals surface area contributed by atoms with Gasteiger partial charge in [0.05, 0.1) is 52.0 Å². The van der Waals surface area contributed by atoms with Gasteiger partial charge in [-0.2, -0.15) is 0 Å². The molecular formula is C28H40N4O7. The number of aliphatic carboxylic acids is 1. The van der Waals surface area contributed by atoms with Gasteiger partial charge in [0.15, 0.2) is 0 Å². The average Bonchev–Trinajstić information content (AvgIpc) is 3.05. The summed E-state index contributed by atoms with van der Waals surface area (Å²) in [6.07, 6.45) is 5.28. The number of carboxylic acid groups (broad SMARTS) is 1. The molecule has 11 heteroatoms. The highest BCUT2D eigenvalue weighted by Crippen LogP contribution is 2.28. The SMILES string of the molecule is CCCOCCOCCOCCN1Cc2cc(OCCCNc3ncccn3)ccc2C[C@@H](CC(=O)O)C1=O. The average molecular weight is 545 g/mol. The molecule has 214 valence electrons. The highest BCUT2D eigenvalue weighted by molar-refractivity contribution is 5.84. The Kier molecular flexibility index (Phi) is 13.5. The van der Waals surface area contributed by atoms with Crippen molar-refractivity contribution in [3.8, 4) is 5.75 Å². The minimum Gasteiger partial charge on any atom is -0.494 e. The monoisotopic (exact) mass is 544 g/mol. The van der Waals surface area contributed by atoms with Crippen LogP contribution >= 0.6 is 0 Å². The predicted molar refractivity (Wildman–Crippen MR) is 145 cm³/mol. The van der Waals surface area contributed by atoms with Crippen molar-refractivity contribution in [1.29, 1.82) is 0 Å². The number of carbonyl (C=O) groups is 2. The molecule has 0 unspecified atom stereocenters. The number of rotatable bonds is 19. The quantitative estimate of drug-likeness (QED) is 0.254. The molecule has 0 bridgehead atoms. The lowest BCUT2D eigenvalue weighted by atomic mass is 9.94. The molecule has 0 saturated heterocycles. The van der Waals surface area contributed by atoms with Crippen LogP contribution in [0.2, 0.25) is 0 Å². The Morgan fingerprint density at radius 3 is 2.46 bits per heavy atom. The maximum Gasteiger partial charge on any atom is 0.304 e. The normalized spacial score (nSPS) is 15.1. The summed E-state index contributed by atoms with van der Waals surface area (Å²) in [7, 11) is 0. The van der Waals surface area contributed by atoms with Crippen LogP contribution in [0.5, 0.6) is 5.75 Å². The van der Waals surface area contributed by atoms with Crippen molar-refractivity contribution in [2.75, 3.05) is 64.7 Å². The fourth-order valence-electron chi connectivity index (χ4n) is 4.21. The van der Waals surface area contributed by atoms with E-state index in [1.807, 2.05) is 18.2 Å². The van der Waals surface area contributed by atoms with Gasteiger partial charge in [-0.15, -0.1) is 0 Å². The second-order valence-corrected chi connectivity index (χ2v) is 9.23. The number of carbonyl (C=O) groups excluding carboxylic acids is 1. The van der Waals surface area contributed by atoms with Crippen molar-refractivity contribution >= 4 is 17.8 Å². The number of aromatic nitrogens is 2. The van der Waals surface area contributed by atoms with Gasteiger partial charge in [-0.25, -0.2) is 9.97 Å². The van der Waals surface area contributed by atoms with E-state index >= 15 is 0 Å². The number of hydrogen-bond acceptors (Lipinski definition) is 9. The molecular weight excluding hydrogens is 504 g/mol.